The lowest BCUT2D eigenvalue weighted by molar-refractivity contribution is -0.180. The van der Waals surface area contributed by atoms with E-state index in [0.717, 1.165) is 5.56 Å². The Morgan fingerprint density at radius 3 is 2.78 bits per heavy atom. The molecule has 0 radical (unpaired) electrons. The minimum absolute atomic E-state index is 0.169. The minimum atomic E-state index is -0.210. The average molecular weight is 248 g/mol. The maximum atomic E-state index is 11.4. The third kappa shape index (κ3) is 2.97. The second-order valence-corrected chi connectivity index (χ2v) is 4.00. The van der Waals surface area contributed by atoms with Gasteiger partial charge in [0.25, 0.3) is 0 Å². The molecule has 96 valence electrons. The smallest absolute Gasteiger partial charge is 0.317 e. The van der Waals surface area contributed by atoms with Gasteiger partial charge in [-0.05, 0) is 5.56 Å². The van der Waals surface area contributed by atoms with E-state index in [9.17, 15) is 4.79 Å². The van der Waals surface area contributed by atoms with Crippen molar-refractivity contribution in [2.45, 2.75) is 6.10 Å². The highest BCUT2D eigenvalue weighted by molar-refractivity contribution is 5.81. The topological polar surface area (TPSA) is 44.8 Å². The Morgan fingerprint density at radius 1 is 1.33 bits per heavy atom. The number of esters is 1. The van der Waals surface area contributed by atoms with Crippen LogP contribution in [-0.4, -0.2) is 26.5 Å². The Morgan fingerprint density at radius 2 is 2.11 bits per heavy atom. The van der Waals surface area contributed by atoms with Crippen molar-refractivity contribution >= 4 is 5.97 Å². The summed E-state index contributed by atoms with van der Waals surface area (Å²) < 4.78 is 15.0. The van der Waals surface area contributed by atoms with Crippen molar-refractivity contribution in [1.29, 1.82) is 0 Å². The molecule has 0 spiro atoms. The van der Waals surface area contributed by atoms with Crippen LogP contribution in [0.4, 0.5) is 0 Å². The summed E-state index contributed by atoms with van der Waals surface area (Å²) in [6.07, 6.45) is 3.48. The van der Waals surface area contributed by atoms with Crippen molar-refractivity contribution < 1.29 is 19.0 Å². The van der Waals surface area contributed by atoms with Crippen LogP contribution < -0.4 is 0 Å². The fraction of sp³-hybridized carbons (Fsp3) is 0.357. The predicted molar refractivity (Wildman–Crippen MR) is 65.7 cm³/mol. The first-order valence-electron chi connectivity index (χ1n) is 5.81. The van der Waals surface area contributed by atoms with Gasteiger partial charge in [-0.2, -0.15) is 0 Å². The molecule has 1 aliphatic rings. The lowest BCUT2D eigenvalue weighted by Crippen LogP contribution is -2.37. The maximum Gasteiger partial charge on any atom is 0.317 e. The van der Waals surface area contributed by atoms with Gasteiger partial charge in [-0.15, -0.1) is 0 Å². The molecule has 1 aromatic carbocycles. The zero-order valence-electron chi connectivity index (χ0n) is 10.2. The van der Waals surface area contributed by atoms with Gasteiger partial charge in [0, 0.05) is 7.11 Å². The summed E-state index contributed by atoms with van der Waals surface area (Å²) in [5.41, 5.74) is 1.02. The quantitative estimate of drug-likeness (QED) is 0.334. The van der Waals surface area contributed by atoms with Crippen LogP contribution in [-0.2, 0) is 19.0 Å². The van der Waals surface area contributed by atoms with E-state index in [1.54, 1.807) is 7.11 Å². The summed E-state index contributed by atoms with van der Waals surface area (Å²) in [5, 5.41) is 0. The molecule has 2 atom stereocenters. The van der Waals surface area contributed by atoms with Crippen molar-refractivity contribution in [2.24, 2.45) is 5.92 Å². The Bertz CT molecular complexity index is 413. The van der Waals surface area contributed by atoms with Gasteiger partial charge in [-0.3, -0.25) is 4.79 Å². The van der Waals surface area contributed by atoms with Crippen molar-refractivity contribution in [3.8, 4) is 0 Å². The average Bonchev–Trinajstić information content (AvgIpc) is 2.41. The molecular formula is C14H16O4. The van der Waals surface area contributed by atoms with E-state index in [0.29, 0.717) is 6.61 Å². The molecule has 0 aromatic heterocycles. The molecule has 1 aliphatic heterocycles. The summed E-state index contributed by atoms with van der Waals surface area (Å²) in [7, 11) is 1.57. The molecule has 0 amide bonds. The number of cyclic esters (lactones) is 1. The van der Waals surface area contributed by atoms with Crippen LogP contribution in [0.25, 0.3) is 0 Å². The third-order valence-corrected chi connectivity index (χ3v) is 2.73. The molecule has 0 unspecified atom stereocenters. The molecule has 0 N–H and O–H groups in total. The van der Waals surface area contributed by atoms with E-state index in [-0.39, 0.29) is 24.8 Å². The first-order valence-corrected chi connectivity index (χ1v) is 5.81. The highest BCUT2D eigenvalue weighted by Crippen LogP contribution is 2.37. The van der Waals surface area contributed by atoms with Crippen LogP contribution in [0.3, 0.4) is 0 Å². The fourth-order valence-corrected chi connectivity index (χ4v) is 1.83. The van der Waals surface area contributed by atoms with Crippen LogP contribution in [0.2, 0.25) is 0 Å². The summed E-state index contributed by atoms with van der Waals surface area (Å²) in [6.45, 7) is 0.681. The predicted octanol–water partition coefficient (Wildman–Crippen LogP) is 2.08. The standard InChI is InChI=1S/C14H16O4/c1-16-10-17-9-5-8-12-13(18-14(12)15)11-6-3-2-4-7-11/h2-8,12-13H,9-10H2,1H3/b8-5+/t12-,13+/m0/s1. The second-order valence-electron chi connectivity index (χ2n) is 4.00. The van der Waals surface area contributed by atoms with E-state index < -0.39 is 0 Å². The zero-order valence-corrected chi connectivity index (χ0v) is 10.2. The zero-order chi connectivity index (χ0) is 12.8. The van der Waals surface area contributed by atoms with Gasteiger partial charge in [0.2, 0.25) is 0 Å². The van der Waals surface area contributed by atoms with Crippen molar-refractivity contribution in [3.05, 3.63) is 48.0 Å². The lowest BCUT2D eigenvalue weighted by Gasteiger charge is -2.33. The highest BCUT2D eigenvalue weighted by Gasteiger charge is 2.41. The largest absolute Gasteiger partial charge is 0.456 e. The number of ether oxygens (including phenoxy) is 3. The van der Waals surface area contributed by atoms with E-state index in [1.165, 1.54) is 0 Å². The van der Waals surface area contributed by atoms with Crippen LogP contribution in [0.5, 0.6) is 0 Å². The number of hydrogen-bond acceptors (Lipinski definition) is 4. The molecule has 1 saturated heterocycles. The van der Waals surface area contributed by atoms with Crippen molar-refractivity contribution in [2.75, 3.05) is 20.5 Å². The Balaban J connectivity index is 1.89. The molecule has 0 saturated carbocycles. The van der Waals surface area contributed by atoms with Gasteiger partial charge in [0.05, 0.1) is 6.61 Å². The van der Waals surface area contributed by atoms with E-state index in [2.05, 4.69) is 0 Å². The van der Waals surface area contributed by atoms with Gasteiger partial charge in [-0.25, -0.2) is 0 Å². The Hall–Kier alpha value is -1.65. The number of hydrogen-bond donors (Lipinski definition) is 0. The number of carbonyl (C=O) groups is 1. The fourth-order valence-electron chi connectivity index (χ4n) is 1.83. The van der Waals surface area contributed by atoms with Gasteiger partial charge in [-0.1, -0.05) is 42.5 Å². The van der Waals surface area contributed by atoms with E-state index in [1.807, 2.05) is 42.5 Å². The molecular weight excluding hydrogens is 232 g/mol. The van der Waals surface area contributed by atoms with Gasteiger partial charge in [0.1, 0.15) is 18.8 Å². The van der Waals surface area contributed by atoms with Crippen molar-refractivity contribution in [1.82, 2.24) is 0 Å². The molecule has 1 heterocycles. The lowest BCUT2D eigenvalue weighted by atomic mass is 9.90. The monoisotopic (exact) mass is 248 g/mol. The minimum Gasteiger partial charge on any atom is -0.456 e. The van der Waals surface area contributed by atoms with Crippen LogP contribution >= 0.6 is 0 Å². The second kappa shape index (κ2) is 6.33. The Labute approximate surface area is 106 Å². The van der Waals surface area contributed by atoms with Gasteiger partial charge in [0.15, 0.2) is 0 Å². The maximum absolute atomic E-state index is 11.4. The first kappa shape index (κ1) is 12.8. The molecule has 4 heteroatoms. The summed E-state index contributed by atoms with van der Waals surface area (Å²) >= 11 is 0. The number of carbonyl (C=O) groups excluding carboxylic acids is 1. The third-order valence-electron chi connectivity index (χ3n) is 2.73. The van der Waals surface area contributed by atoms with Crippen LogP contribution in [0.15, 0.2) is 42.5 Å². The number of methoxy groups -OCH3 is 1. The van der Waals surface area contributed by atoms with Crippen LogP contribution in [0, 0.1) is 5.92 Å². The summed E-state index contributed by atoms with van der Waals surface area (Å²) in [5.74, 6) is -0.398. The molecule has 4 nitrogen and oxygen atoms in total. The number of benzene rings is 1. The van der Waals surface area contributed by atoms with Gasteiger partial charge < -0.3 is 14.2 Å². The van der Waals surface area contributed by atoms with E-state index >= 15 is 0 Å². The molecule has 1 aromatic rings. The molecule has 2 rings (SSSR count). The Kier molecular flexibility index (Phi) is 4.50. The molecule has 0 aliphatic carbocycles. The summed E-state index contributed by atoms with van der Waals surface area (Å²) in [4.78, 5) is 11.4. The number of rotatable bonds is 6. The van der Waals surface area contributed by atoms with Crippen molar-refractivity contribution in [3.63, 3.8) is 0 Å². The summed E-state index contributed by atoms with van der Waals surface area (Å²) in [6, 6.07) is 9.72. The first-order chi connectivity index (χ1) is 8.83. The molecule has 18 heavy (non-hydrogen) atoms. The van der Waals surface area contributed by atoms with Gasteiger partial charge >= 0.3 is 5.97 Å². The molecule has 1 fully saturated rings. The molecule has 0 bridgehead atoms. The highest BCUT2D eigenvalue weighted by atomic mass is 16.7. The SMILES string of the molecule is COCOC/C=C/[C@@H]1C(=O)O[C@@H]1c1ccccc1. The van der Waals surface area contributed by atoms with Crippen LogP contribution in [0.1, 0.15) is 11.7 Å². The van der Waals surface area contributed by atoms with E-state index in [4.69, 9.17) is 14.2 Å². The normalized spacial score (nSPS) is 22.8.